The topological polar surface area (TPSA) is 47.3 Å². The van der Waals surface area contributed by atoms with E-state index in [0.29, 0.717) is 17.4 Å². The summed E-state index contributed by atoms with van der Waals surface area (Å²) in [5.41, 5.74) is 3.58. The van der Waals surface area contributed by atoms with Crippen molar-refractivity contribution >= 4 is 0 Å². The lowest BCUT2D eigenvalue weighted by molar-refractivity contribution is 0.0136. The molecule has 100 valence electrons. The molecule has 3 N–H and O–H groups in total. The van der Waals surface area contributed by atoms with Gasteiger partial charge in [-0.05, 0) is 42.9 Å². The summed E-state index contributed by atoms with van der Waals surface area (Å²) < 4.78 is 5.47. The number of nitrogens with one attached hydrogen (secondary N) is 1. The zero-order valence-corrected chi connectivity index (χ0v) is 11.4. The van der Waals surface area contributed by atoms with Gasteiger partial charge in [-0.1, -0.05) is 26.7 Å². The zero-order valence-electron chi connectivity index (χ0n) is 11.4. The van der Waals surface area contributed by atoms with E-state index in [1.54, 1.807) is 0 Å². The van der Waals surface area contributed by atoms with Gasteiger partial charge in [-0.3, -0.25) is 11.3 Å². The van der Waals surface area contributed by atoms with Gasteiger partial charge in [0.15, 0.2) is 0 Å². The molecule has 0 amide bonds. The van der Waals surface area contributed by atoms with E-state index < -0.39 is 0 Å². The Kier molecular flexibility index (Phi) is 4.45. The van der Waals surface area contributed by atoms with Crippen LogP contribution in [-0.2, 0) is 4.74 Å². The van der Waals surface area contributed by atoms with Gasteiger partial charge in [0.05, 0.1) is 0 Å². The molecule has 0 spiro atoms. The van der Waals surface area contributed by atoms with Crippen LogP contribution in [0.25, 0.3) is 0 Å². The Morgan fingerprint density at radius 2 is 1.88 bits per heavy atom. The standard InChI is InChI=1S/C14H28N2O/c1-14(2)8-4-3-5-12(14)13(16-15)11-6-9-17-10-7-11/h11-13,16H,3-10,15H2,1-2H3. The minimum Gasteiger partial charge on any atom is -0.381 e. The summed E-state index contributed by atoms with van der Waals surface area (Å²) in [4.78, 5) is 0. The third-order valence-corrected chi connectivity index (χ3v) is 4.99. The van der Waals surface area contributed by atoms with E-state index in [2.05, 4.69) is 19.3 Å². The minimum absolute atomic E-state index is 0.438. The van der Waals surface area contributed by atoms with Crippen LogP contribution >= 0.6 is 0 Å². The van der Waals surface area contributed by atoms with Gasteiger partial charge < -0.3 is 4.74 Å². The third kappa shape index (κ3) is 3.01. The van der Waals surface area contributed by atoms with Gasteiger partial charge >= 0.3 is 0 Å². The summed E-state index contributed by atoms with van der Waals surface area (Å²) in [6.07, 6.45) is 7.77. The number of hydrogen-bond donors (Lipinski definition) is 2. The molecule has 17 heavy (non-hydrogen) atoms. The lowest BCUT2D eigenvalue weighted by Crippen LogP contribution is -2.52. The maximum Gasteiger partial charge on any atom is 0.0469 e. The highest BCUT2D eigenvalue weighted by Crippen LogP contribution is 2.44. The van der Waals surface area contributed by atoms with Crippen LogP contribution in [0, 0.1) is 17.3 Å². The van der Waals surface area contributed by atoms with Crippen molar-refractivity contribution in [2.45, 2.75) is 58.4 Å². The maximum absolute atomic E-state index is 5.86. The van der Waals surface area contributed by atoms with Crippen molar-refractivity contribution in [3.63, 3.8) is 0 Å². The lowest BCUT2D eigenvalue weighted by Gasteiger charge is -2.46. The minimum atomic E-state index is 0.438. The van der Waals surface area contributed by atoms with Crippen LogP contribution in [0.1, 0.15) is 52.4 Å². The van der Waals surface area contributed by atoms with Crippen LogP contribution in [0.3, 0.4) is 0 Å². The Morgan fingerprint density at radius 1 is 1.18 bits per heavy atom. The Labute approximate surface area is 105 Å². The lowest BCUT2D eigenvalue weighted by atomic mass is 9.63. The fourth-order valence-electron chi connectivity index (χ4n) is 3.84. The fraction of sp³-hybridized carbons (Fsp3) is 1.00. The quantitative estimate of drug-likeness (QED) is 0.588. The molecule has 0 aromatic heterocycles. The van der Waals surface area contributed by atoms with E-state index >= 15 is 0 Å². The molecule has 1 saturated heterocycles. The van der Waals surface area contributed by atoms with Crippen molar-refractivity contribution in [1.29, 1.82) is 0 Å². The molecule has 0 aromatic rings. The van der Waals surface area contributed by atoms with Crippen LogP contribution in [0.4, 0.5) is 0 Å². The molecule has 3 nitrogen and oxygen atoms in total. The van der Waals surface area contributed by atoms with Crippen LogP contribution < -0.4 is 11.3 Å². The summed E-state index contributed by atoms with van der Waals surface area (Å²) in [5.74, 6) is 7.30. The molecule has 2 rings (SSSR count). The molecule has 2 aliphatic rings. The first kappa shape index (κ1) is 13.3. The number of hydrogen-bond acceptors (Lipinski definition) is 3. The van der Waals surface area contributed by atoms with Crippen molar-refractivity contribution in [1.82, 2.24) is 5.43 Å². The highest BCUT2D eigenvalue weighted by Gasteiger charge is 2.40. The predicted molar refractivity (Wildman–Crippen MR) is 70.4 cm³/mol. The zero-order chi connectivity index (χ0) is 12.3. The van der Waals surface area contributed by atoms with Crippen molar-refractivity contribution in [3.05, 3.63) is 0 Å². The molecule has 0 radical (unpaired) electrons. The summed E-state index contributed by atoms with van der Waals surface area (Å²) in [6, 6.07) is 0.481. The van der Waals surface area contributed by atoms with Gasteiger partial charge in [0.25, 0.3) is 0 Å². The molecule has 2 fully saturated rings. The Bertz CT molecular complexity index is 236. The van der Waals surface area contributed by atoms with E-state index in [9.17, 15) is 0 Å². The van der Waals surface area contributed by atoms with Gasteiger partial charge in [0.2, 0.25) is 0 Å². The predicted octanol–water partition coefficient (Wildman–Crippen LogP) is 2.46. The summed E-state index contributed by atoms with van der Waals surface area (Å²) in [5, 5.41) is 0. The van der Waals surface area contributed by atoms with Crippen molar-refractivity contribution < 1.29 is 4.74 Å². The van der Waals surface area contributed by atoms with E-state index in [-0.39, 0.29) is 0 Å². The van der Waals surface area contributed by atoms with Gasteiger partial charge in [0, 0.05) is 19.3 Å². The van der Waals surface area contributed by atoms with Crippen LogP contribution in [0.15, 0.2) is 0 Å². The van der Waals surface area contributed by atoms with Gasteiger partial charge in [-0.15, -0.1) is 0 Å². The molecule has 1 saturated carbocycles. The third-order valence-electron chi connectivity index (χ3n) is 4.99. The second kappa shape index (κ2) is 5.68. The number of ether oxygens (including phenoxy) is 1. The first-order valence-electron chi connectivity index (χ1n) is 7.19. The van der Waals surface area contributed by atoms with Crippen LogP contribution in [0.2, 0.25) is 0 Å². The number of nitrogens with two attached hydrogens (primary N) is 1. The van der Waals surface area contributed by atoms with Gasteiger partial charge in [0.1, 0.15) is 0 Å². The molecular weight excluding hydrogens is 212 g/mol. The summed E-state index contributed by atoms with van der Waals surface area (Å²) in [6.45, 7) is 6.66. The van der Waals surface area contributed by atoms with Crippen molar-refractivity contribution in [3.8, 4) is 0 Å². The molecule has 1 aliphatic carbocycles. The Morgan fingerprint density at radius 3 is 2.47 bits per heavy atom. The van der Waals surface area contributed by atoms with Crippen molar-refractivity contribution in [2.24, 2.45) is 23.1 Å². The molecule has 2 unspecified atom stereocenters. The molecule has 1 aliphatic heterocycles. The Balaban J connectivity index is 2.04. The van der Waals surface area contributed by atoms with E-state index in [0.717, 1.165) is 19.1 Å². The molecule has 3 heteroatoms. The first-order chi connectivity index (χ1) is 8.15. The second-order valence-electron chi connectivity index (χ2n) is 6.48. The van der Waals surface area contributed by atoms with E-state index in [1.807, 2.05) is 0 Å². The number of hydrazine groups is 1. The SMILES string of the molecule is CC1(C)CCCCC1C(NN)C1CCOCC1. The Hall–Kier alpha value is -0.120. The molecule has 0 aromatic carbocycles. The molecule has 1 heterocycles. The van der Waals surface area contributed by atoms with Crippen molar-refractivity contribution in [2.75, 3.05) is 13.2 Å². The second-order valence-corrected chi connectivity index (χ2v) is 6.48. The fourth-order valence-corrected chi connectivity index (χ4v) is 3.84. The summed E-state index contributed by atoms with van der Waals surface area (Å²) in [7, 11) is 0. The maximum atomic E-state index is 5.86. The molecular formula is C14H28N2O. The van der Waals surface area contributed by atoms with Crippen LogP contribution in [-0.4, -0.2) is 19.3 Å². The van der Waals surface area contributed by atoms with Gasteiger partial charge in [-0.2, -0.15) is 0 Å². The van der Waals surface area contributed by atoms with E-state index in [4.69, 9.17) is 10.6 Å². The first-order valence-corrected chi connectivity index (χ1v) is 7.19. The highest BCUT2D eigenvalue weighted by atomic mass is 16.5. The molecule has 2 atom stereocenters. The van der Waals surface area contributed by atoms with E-state index in [1.165, 1.54) is 38.5 Å². The smallest absolute Gasteiger partial charge is 0.0469 e. The van der Waals surface area contributed by atoms with Crippen LogP contribution in [0.5, 0.6) is 0 Å². The molecule has 0 bridgehead atoms. The monoisotopic (exact) mass is 240 g/mol. The average molecular weight is 240 g/mol. The largest absolute Gasteiger partial charge is 0.381 e. The number of rotatable bonds is 3. The van der Waals surface area contributed by atoms with Gasteiger partial charge in [-0.25, -0.2) is 0 Å². The summed E-state index contributed by atoms with van der Waals surface area (Å²) >= 11 is 0. The highest BCUT2D eigenvalue weighted by molar-refractivity contribution is 4.93. The normalized spacial score (nSPS) is 32.3. The average Bonchev–Trinajstić information content (AvgIpc) is 2.33.